The Kier molecular flexibility index (Phi) is 3.97. The predicted molar refractivity (Wildman–Crippen MR) is 101 cm³/mol. The molecule has 2 heterocycles. The third-order valence-corrected chi connectivity index (χ3v) is 4.93. The Bertz CT molecular complexity index is 999. The van der Waals surface area contributed by atoms with Crippen molar-refractivity contribution in [3.8, 4) is 23.1 Å². The van der Waals surface area contributed by atoms with E-state index in [1.165, 1.54) is 0 Å². The SMILES string of the molecule is CC1(C)C[C@H](n2nccc2-c2ccc(Cl)cc2)c2cc(C#N)ccc2O1. The van der Waals surface area contributed by atoms with E-state index in [1.807, 2.05) is 47.1 Å². The van der Waals surface area contributed by atoms with Crippen molar-refractivity contribution in [2.24, 2.45) is 0 Å². The van der Waals surface area contributed by atoms with Gasteiger partial charge in [-0.3, -0.25) is 4.68 Å². The van der Waals surface area contributed by atoms with Gasteiger partial charge in [0.05, 0.1) is 23.4 Å². The maximum absolute atomic E-state index is 9.29. The van der Waals surface area contributed by atoms with Crippen LogP contribution in [-0.4, -0.2) is 15.4 Å². The lowest BCUT2D eigenvalue weighted by molar-refractivity contribution is 0.0651. The summed E-state index contributed by atoms with van der Waals surface area (Å²) in [5, 5.41) is 14.6. The van der Waals surface area contributed by atoms with Crippen LogP contribution in [0.1, 0.15) is 37.4 Å². The fourth-order valence-electron chi connectivity index (χ4n) is 3.52. The second kappa shape index (κ2) is 6.19. The average Bonchev–Trinajstić information content (AvgIpc) is 3.10. The van der Waals surface area contributed by atoms with Crippen LogP contribution in [0.4, 0.5) is 0 Å². The first-order chi connectivity index (χ1) is 12.5. The molecule has 0 radical (unpaired) electrons. The Morgan fingerprint density at radius 2 is 1.96 bits per heavy atom. The number of nitriles is 1. The summed E-state index contributed by atoms with van der Waals surface area (Å²) in [5.41, 5.74) is 3.35. The summed E-state index contributed by atoms with van der Waals surface area (Å²) in [6, 6.07) is 17.5. The zero-order valence-electron chi connectivity index (χ0n) is 14.6. The first-order valence-corrected chi connectivity index (χ1v) is 8.87. The van der Waals surface area contributed by atoms with Crippen molar-refractivity contribution in [3.05, 3.63) is 70.9 Å². The average molecular weight is 364 g/mol. The van der Waals surface area contributed by atoms with E-state index in [-0.39, 0.29) is 11.6 Å². The third kappa shape index (κ3) is 2.95. The van der Waals surface area contributed by atoms with E-state index in [9.17, 15) is 5.26 Å². The van der Waals surface area contributed by atoms with Gasteiger partial charge < -0.3 is 4.74 Å². The van der Waals surface area contributed by atoms with E-state index >= 15 is 0 Å². The first-order valence-electron chi connectivity index (χ1n) is 8.49. The fraction of sp³-hybridized carbons (Fsp3) is 0.238. The highest BCUT2D eigenvalue weighted by Gasteiger charge is 2.36. The lowest BCUT2D eigenvalue weighted by Gasteiger charge is -2.38. The summed E-state index contributed by atoms with van der Waals surface area (Å²) in [6.45, 7) is 4.15. The molecule has 0 amide bonds. The zero-order chi connectivity index (χ0) is 18.3. The highest BCUT2D eigenvalue weighted by Crippen LogP contribution is 2.43. The number of nitrogens with zero attached hydrogens (tertiary/aromatic N) is 3. The summed E-state index contributed by atoms with van der Waals surface area (Å²) in [6.07, 6.45) is 2.57. The molecule has 0 spiro atoms. The summed E-state index contributed by atoms with van der Waals surface area (Å²) in [4.78, 5) is 0. The maximum atomic E-state index is 9.29. The molecule has 1 aromatic heterocycles. The normalized spacial score (nSPS) is 17.8. The van der Waals surface area contributed by atoms with Gasteiger partial charge in [-0.15, -0.1) is 0 Å². The molecule has 0 fully saturated rings. The van der Waals surface area contributed by atoms with Crippen LogP contribution in [0, 0.1) is 11.3 Å². The lowest BCUT2D eigenvalue weighted by atomic mass is 9.88. The van der Waals surface area contributed by atoms with Gasteiger partial charge in [0.15, 0.2) is 0 Å². The van der Waals surface area contributed by atoms with E-state index in [4.69, 9.17) is 16.3 Å². The Morgan fingerprint density at radius 1 is 1.19 bits per heavy atom. The van der Waals surface area contributed by atoms with Crippen LogP contribution in [-0.2, 0) is 0 Å². The van der Waals surface area contributed by atoms with E-state index in [1.54, 1.807) is 12.3 Å². The van der Waals surface area contributed by atoms with Gasteiger partial charge in [0, 0.05) is 23.2 Å². The van der Waals surface area contributed by atoms with Crippen LogP contribution < -0.4 is 4.74 Å². The van der Waals surface area contributed by atoms with Crippen LogP contribution in [0.5, 0.6) is 5.75 Å². The zero-order valence-corrected chi connectivity index (χ0v) is 15.4. The highest BCUT2D eigenvalue weighted by molar-refractivity contribution is 6.30. The molecule has 4 rings (SSSR count). The van der Waals surface area contributed by atoms with Crippen molar-refractivity contribution < 1.29 is 4.74 Å². The molecule has 0 saturated heterocycles. The Labute approximate surface area is 157 Å². The van der Waals surface area contributed by atoms with Crippen molar-refractivity contribution in [2.75, 3.05) is 0 Å². The Hall–Kier alpha value is -2.77. The number of benzene rings is 2. The molecule has 0 bridgehead atoms. The molecule has 2 aromatic carbocycles. The molecular weight excluding hydrogens is 346 g/mol. The Morgan fingerprint density at radius 3 is 2.69 bits per heavy atom. The van der Waals surface area contributed by atoms with Crippen LogP contribution in [0.15, 0.2) is 54.7 Å². The molecule has 1 atom stereocenters. The minimum Gasteiger partial charge on any atom is -0.487 e. The minimum absolute atomic E-state index is 0.0114. The molecular formula is C21H18ClN3O. The van der Waals surface area contributed by atoms with E-state index in [0.717, 1.165) is 29.0 Å². The van der Waals surface area contributed by atoms with E-state index < -0.39 is 0 Å². The maximum Gasteiger partial charge on any atom is 0.125 e. The van der Waals surface area contributed by atoms with Gasteiger partial charge in [0.2, 0.25) is 0 Å². The van der Waals surface area contributed by atoms with Gasteiger partial charge in [-0.05, 0) is 55.8 Å². The summed E-state index contributed by atoms with van der Waals surface area (Å²) in [5.74, 6) is 0.808. The van der Waals surface area contributed by atoms with Gasteiger partial charge in [0.1, 0.15) is 11.4 Å². The van der Waals surface area contributed by atoms with Gasteiger partial charge in [0.25, 0.3) is 0 Å². The molecule has 130 valence electrons. The number of fused-ring (bicyclic) bond motifs is 1. The smallest absolute Gasteiger partial charge is 0.125 e. The van der Waals surface area contributed by atoms with Gasteiger partial charge in [-0.2, -0.15) is 10.4 Å². The van der Waals surface area contributed by atoms with Crippen LogP contribution in [0.25, 0.3) is 11.3 Å². The minimum atomic E-state index is -0.324. The largest absolute Gasteiger partial charge is 0.487 e. The van der Waals surface area contributed by atoms with Crippen molar-refractivity contribution in [1.82, 2.24) is 9.78 Å². The number of rotatable bonds is 2. The van der Waals surface area contributed by atoms with Crippen molar-refractivity contribution >= 4 is 11.6 Å². The molecule has 26 heavy (non-hydrogen) atoms. The molecule has 5 heteroatoms. The number of aromatic nitrogens is 2. The monoisotopic (exact) mass is 363 g/mol. The number of hydrogen-bond acceptors (Lipinski definition) is 3. The lowest BCUT2D eigenvalue weighted by Crippen LogP contribution is -2.37. The summed E-state index contributed by atoms with van der Waals surface area (Å²) < 4.78 is 8.16. The molecule has 0 unspecified atom stereocenters. The van der Waals surface area contributed by atoms with Crippen LogP contribution in [0.3, 0.4) is 0 Å². The van der Waals surface area contributed by atoms with Gasteiger partial charge in [-0.25, -0.2) is 0 Å². The second-order valence-corrected chi connectivity index (χ2v) is 7.55. The highest BCUT2D eigenvalue weighted by atomic mass is 35.5. The predicted octanol–water partition coefficient (Wildman–Crippen LogP) is 5.23. The van der Waals surface area contributed by atoms with Gasteiger partial charge in [-0.1, -0.05) is 23.7 Å². The molecule has 3 aromatic rings. The fourth-order valence-corrected chi connectivity index (χ4v) is 3.64. The van der Waals surface area contributed by atoms with Crippen LogP contribution >= 0.6 is 11.6 Å². The standard InChI is InChI=1S/C21H18ClN3O/c1-21(2)12-19(17-11-14(13-23)3-8-20(17)26-21)25-18(9-10-24-25)15-4-6-16(22)7-5-15/h3-11,19H,12H2,1-2H3/t19-/m0/s1. The van der Waals surface area contributed by atoms with E-state index in [0.29, 0.717) is 10.6 Å². The number of hydrogen-bond donors (Lipinski definition) is 0. The first kappa shape index (κ1) is 16.7. The van der Waals surface area contributed by atoms with Gasteiger partial charge >= 0.3 is 0 Å². The topological polar surface area (TPSA) is 50.8 Å². The van der Waals surface area contributed by atoms with Crippen molar-refractivity contribution in [2.45, 2.75) is 31.9 Å². The summed E-state index contributed by atoms with van der Waals surface area (Å²) >= 11 is 6.03. The van der Waals surface area contributed by atoms with E-state index in [2.05, 4.69) is 25.0 Å². The molecule has 0 aliphatic carbocycles. The van der Waals surface area contributed by atoms with Crippen LogP contribution in [0.2, 0.25) is 5.02 Å². The number of halogens is 1. The molecule has 1 aliphatic heterocycles. The van der Waals surface area contributed by atoms with Crippen molar-refractivity contribution in [1.29, 1.82) is 5.26 Å². The third-order valence-electron chi connectivity index (χ3n) is 4.67. The molecule has 4 nitrogen and oxygen atoms in total. The summed E-state index contributed by atoms with van der Waals surface area (Å²) in [7, 11) is 0. The second-order valence-electron chi connectivity index (χ2n) is 7.11. The molecule has 1 aliphatic rings. The number of ether oxygens (including phenoxy) is 1. The quantitative estimate of drug-likeness (QED) is 0.626. The molecule has 0 N–H and O–H groups in total. The van der Waals surface area contributed by atoms with Crippen molar-refractivity contribution in [3.63, 3.8) is 0 Å². The molecule has 0 saturated carbocycles. The Balaban J connectivity index is 1.85.